The number of nitrogens with zero attached hydrogens (tertiary/aromatic N) is 1. The lowest BCUT2D eigenvalue weighted by atomic mass is 10.2. The second kappa shape index (κ2) is 9.14. The Kier molecular flexibility index (Phi) is 6.39. The summed E-state index contributed by atoms with van der Waals surface area (Å²) in [5.74, 6) is 0.536. The molecule has 0 aliphatic rings. The maximum absolute atomic E-state index is 12.2. The molecule has 3 aromatic rings. The Balaban J connectivity index is 1.51. The number of rotatable bonds is 8. The molecule has 1 amide bonds. The molecule has 0 aliphatic heterocycles. The van der Waals surface area contributed by atoms with Crippen LogP contribution in [0.3, 0.4) is 0 Å². The predicted molar refractivity (Wildman–Crippen MR) is 106 cm³/mol. The van der Waals surface area contributed by atoms with E-state index in [9.17, 15) is 13.2 Å². The lowest BCUT2D eigenvalue weighted by molar-refractivity contribution is -0.120. The smallest absolute Gasteiger partial charge is 0.221 e. The van der Waals surface area contributed by atoms with Crippen molar-refractivity contribution in [1.82, 2.24) is 10.3 Å². The largest absolute Gasteiger partial charge is 0.439 e. The number of hydrogen-bond acceptors (Lipinski definition) is 5. The van der Waals surface area contributed by atoms with E-state index in [1.807, 2.05) is 18.2 Å². The molecule has 1 aromatic heterocycles. The molecule has 0 saturated heterocycles. The van der Waals surface area contributed by atoms with Crippen molar-refractivity contribution in [1.29, 1.82) is 0 Å². The molecule has 2 aromatic carbocycles. The first-order valence-electron chi connectivity index (χ1n) is 8.75. The number of aromatic nitrogens is 1. The van der Waals surface area contributed by atoms with Gasteiger partial charge in [0.2, 0.25) is 11.8 Å². The zero-order valence-corrected chi connectivity index (χ0v) is 15.9. The first-order chi connectivity index (χ1) is 13.5. The van der Waals surface area contributed by atoms with Gasteiger partial charge in [-0.3, -0.25) is 4.79 Å². The number of carbonyl (C=O) groups excluding carboxylic acids is 1. The molecule has 0 radical (unpaired) electrons. The van der Waals surface area contributed by atoms with Crippen molar-refractivity contribution >= 4 is 15.7 Å². The van der Waals surface area contributed by atoms with E-state index >= 15 is 0 Å². The predicted octanol–water partition coefficient (Wildman–Crippen LogP) is 3.35. The average Bonchev–Trinajstić information content (AvgIpc) is 2.72. The van der Waals surface area contributed by atoms with Crippen molar-refractivity contribution in [3.63, 3.8) is 0 Å². The molecule has 0 saturated carbocycles. The van der Waals surface area contributed by atoms with Gasteiger partial charge in [0.15, 0.2) is 9.84 Å². The molecule has 0 bridgehead atoms. The maximum Gasteiger partial charge on any atom is 0.221 e. The minimum Gasteiger partial charge on any atom is -0.439 e. The van der Waals surface area contributed by atoms with E-state index < -0.39 is 9.84 Å². The van der Waals surface area contributed by atoms with Crippen LogP contribution in [0.4, 0.5) is 0 Å². The van der Waals surface area contributed by atoms with Crippen LogP contribution < -0.4 is 10.1 Å². The third-order valence-corrected chi connectivity index (χ3v) is 5.68. The number of carbonyl (C=O) groups is 1. The summed E-state index contributed by atoms with van der Waals surface area (Å²) in [6.45, 7) is 0.281. The fourth-order valence-electron chi connectivity index (χ4n) is 2.51. The fourth-order valence-corrected chi connectivity index (χ4v) is 3.77. The molecule has 28 heavy (non-hydrogen) atoms. The SMILES string of the molecule is O=C(CCS(=O)(=O)c1ccccc1)NCc1cccc(Oc2ccccn2)c1. The molecule has 7 heteroatoms. The zero-order valence-electron chi connectivity index (χ0n) is 15.1. The van der Waals surface area contributed by atoms with Gasteiger partial charge in [-0.05, 0) is 35.9 Å². The van der Waals surface area contributed by atoms with Crippen LogP contribution in [0.5, 0.6) is 11.6 Å². The summed E-state index contributed by atoms with van der Waals surface area (Å²) >= 11 is 0. The minimum atomic E-state index is -3.47. The van der Waals surface area contributed by atoms with Gasteiger partial charge in [0.05, 0.1) is 10.6 Å². The number of ether oxygens (including phenoxy) is 1. The third kappa shape index (κ3) is 5.65. The lowest BCUT2D eigenvalue weighted by Gasteiger charge is -2.09. The Morgan fingerprint density at radius 3 is 2.50 bits per heavy atom. The van der Waals surface area contributed by atoms with Gasteiger partial charge < -0.3 is 10.1 Å². The standard InChI is InChI=1S/C21H20N2O4S/c24-20(12-14-28(25,26)19-9-2-1-3-10-19)23-16-17-7-6-8-18(15-17)27-21-11-4-5-13-22-21/h1-11,13,15H,12,14,16H2,(H,23,24). The summed E-state index contributed by atoms with van der Waals surface area (Å²) in [5.41, 5.74) is 0.840. The van der Waals surface area contributed by atoms with E-state index in [0.717, 1.165) is 5.56 Å². The second-order valence-corrected chi connectivity index (χ2v) is 8.19. The monoisotopic (exact) mass is 396 g/mol. The van der Waals surface area contributed by atoms with E-state index in [1.54, 1.807) is 48.7 Å². The quantitative estimate of drug-likeness (QED) is 0.631. The summed E-state index contributed by atoms with van der Waals surface area (Å²) in [4.78, 5) is 16.4. The molecule has 144 valence electrons. The fraction of sp³-hybridized carbons (Fsp3) is 0.143. The highest BCUT2D eigenvalue weighted by molar-refractivity contribution is 7.91. The molecule has 0 fully saturated rings. The van der Waals surface area contributed by atoms with Crippen LogP contribution in [0.1, 0.15) is 12.0 Å². The van der Waals surface area contributed by atoms with Crippen LogP contribution in [-0.2, 0) is 21.2 Å². The first kappa shape index (κ1) is 19.6. The number of benzene rings is 2. The Hall–Kier alpha value is -3.19. The number of pyridine rings is 1. The molecule has 0 aliphatic carbocycles. The highest BCUT2D eigenvalue weighted by atomic mass is 32.2. The number of hydrogen-bond donors (Lipinski definition) is 1. The Morgan fingerprint density at radius 2 is 1.75 bits per heavy atom. The highest BCUT2D eigenvalue weighted by Crippen LogP contribution is 2.20. The number of nitrogens with one attached hydrogen (secondary N) is 1. The lowest BCUT2D eigenvalue weighted by Crippen LogP contribution is -2.25. The minimum absolute atomic E-state index is 0.0959. The highest BCUT2D eigenvalue weighted by Gasteiger charge is 2.15. The van der Waals surface area contributed by atoms with E-state index in [0.29, 0.717) is 11.6 Å². The first-order valence-corrected chi connectivity index (χ1v) is 10.4. The number of amides is 1. The molecular weight excluding hydrogens is 376 g/mol. The summed E-state index contributed by atoms with van der Waals surface area (Å²) in [6.07, 6.45) is 1.55. The maximum atomic E-state index is 12.2. The van der Waals surface area contributed by atoms with E-state index in [2.05, 4.69) is 10.3 Å². The topological polar surface area (TPSA) is 85.4 Å². The Bertz CT molecular complexity index is 1020. The number of sulfone groups is 1. The van der Waals surface area contributed by atoms with Gasteiger partial charge in [0, 0.05) is 25.2 Å². The molecule has 1 heterocycles. The second-order valence-electron chi connectivity index (χ2n) is 6.08. The molecule has 0 spiro atoms. The summed E-state index contributed by atoms with van der Waals surface area (Å²) < 4.78 is 30.1. The van der Waals surface area contributed by atoms with Gasteiger partial charge in [-0.1, -0.05) is 36.4 Å². The Morgan fingerprint density at radius 1 is 0.964 bits per heavy atom. The molecule has 0 atom stereocenters. The molecule has 3 rings (SSSR count). The van der Waals surface area contributed by atoms with Gasteiger partial charge in [-0.25, -0.2) is 13.4 Å². The van der Waals surface area contributed by atoms with Gasteiger partial charge in [-0.15, -0.1) is 0 Å². The van der Waals surface area contributed by atoms with Crippen molar-refractivity contribution in [2.45, 2.75) is 17.9 Å². The van der Waals surface area contributed by atoms with Gasteiger partial charge in [0.25, 0.3) is 0 Å². The van der Waals surface area contributed by atoms with Gasteiger partial charge >= 0.3 is 0 Å². The normalized spacial score (nSPS) is 11.0. The molecule has 0 unspecified atom stereocenters. The van der Waals surface area contributed by atoms with Crippen LogP contribution in [0.15, 0.2) is 83.9 Å². The average molecular weight is 396 g/mol. The van der Waals surface area contributed by atoms with E-state index in [-0.39, 0.29) is 29.5 Å². The molecule has 1 N–H and O–H groups in total. The van der Waals surface area contributed by atoms with Crippen molar-refractivity contribution in [3.8, 4) is 11.6 Å². The summed E-state index contributed by atoms with van der Waals surface area (Å²) in [7, 11) is -3.47. The van der Waals surface area contributed by atoms with Crippen LogP contribution in [0.25, 0.3) is 0 Å². The molecule has 6 nitrogen and oxygen atoms in total. The van der Waals surface area contributed by atoms with Gasteiger partial charge in [0.1, 0.15) is 5.75 Å². The zero-order chi connectivity index (χ0) is 19.8. The van der Waals surface area contributed by atoms with Crippen LogP contribution in [-0.4, -0.2) is 25.1 Å². The van der Waals surface area contributed by atoms with Crippen molar-refractivity contribution in [3.05, 3.63) is 84.6 Å². The van der Waals surface area contributed by atoms with Gasteiger partial charge in [-0.2, -0.15) is 0 Å². The Labute approximate surface area is 164 Å². The van der Waals surface area contributed by atoms with Crippen LogP contribution >= 0.6 is 0 Å². The van der Waals surface area contributed by atoms with Crippen molar-refractivity contribution in [2.75, 3.05) is 5.75 Å². The van der Waals surface area contributed by atoms with Crippen molar-refractivity contribution in [2.24, 2.45) is 0 Å². The molecular formula is C21H20N2O4S. The van der Waals surface area contributed by atoms with Crippen molar-refractivity contribution < 1.29 is 17.9 Å². The summed E-state index contributed by atoms with van der Waals surface area (Å²) in [5, 5.41) is 2.74. The summed E-state index contributed by atoms with van der Waals surface area (Å²) in [6, 6.07) is 20.8. The third-order valence-electron chi connectivity index (χ3n) is 3.95. The van der Waals surface area contributed by atoms with Crippen LogP contribution in [0.2, 0.25) is 0 Å². The van der Waals surface area contributed by atoms with E-state index in [4.69, 9.17) is 4.74 Å². The van der Waals surface area contributed by atoms with E-state index in [1.165, 1.54) is 12.1 Å². The van der Waals surface area contributed by atoms with Crippen LogP contribution in [0, 0.1) is 0 Å².